The van der Waals surface area contributed by atoms with Crippen LogP contribution >= 0.6 is 0 Å². The topological polar surface area (TPSA) is 58.7 Å². The van der Waals surface area contributed by atoms with Gasteiger partial charge in [-0.15, -0.1) is 0 Å². The van der Waals surface area contributed by atoms with Crippen LogP contribution < -0.4 is 10.4 Å². The molecule has 0 spiro atoms. The normalized spacial score (nSPS) is 11.4. The maximum absolute atomic E-state index is 6.04. The molecule has 4 rings (SSSR count). The summed E-state index contributed by atoms with van der Waals surface area (Å²) < 4.78 is 6.04. The zero-order valence-corrected chi connectivity index (χ0v) is 18.6. The molecule has 0 heterocycles. The van der Waals surface area contributed by atoms with Crippen LogP contribution in [0.1, 0.15) is 0 Å². The van der Waals surface area contributed by atoms with E-state index in [9.17, 15) is 0 Å². The first-order valence-corrected chi connectivity index (χ1v) is 11.5. The van der Waals surface area contributed by atoms with Gasteiger partial charge < -0.3 is 4.12 Å². The van der Waals surface area contributed by atoms with Gasteiger partial charge >= 0.3 is 0 Å². The monoisotopic (exact) mass is 434 g/mol. The first-order chi connectivity index (χ1) is 15.4. The molecule has 0 aromatic heterocycles. The SMILES string of the molecule is c1ccc(N=Nc2ccccc2[Si]O[Si]c2ccccc2N=Nc2ccccc2)cc1. The van der Waals surface area contributed by atoms with E-state index in [0.29, 0.717) is 0 Å². The van der Waals surface area contributed by atoms with Gasteiger partial charge in [0.25, 0.3) is 19.5 Å². The van der Waals surface area contributed by atoms with E-state index < -0.39 is 0 Å². The Morgan fingerprint density at radius 2 is 0.806 bits per heavy atom. The predicted octanol–water partition coefficient (Wildman–Crippen LogP) is 5.72. The van der Waals surface area contributed by atoms with Crippen molar-refractivity contribution in [1.29, 1.82) is 0 Å². The van der Waals surface area contributed by atoms with Crippen LogP contribution in [-0.4, -0.2) is 19.5 Å². The Morgan fingerprint density at radius 3 is 1.26 bits per heavy atom. The zero-order valence-electron chi connectivity index (χ0n) is 16.6. The van der Waals surface area contributed by atoms with E-state index >= 15 is 0 Å². The van der Waals surface area contributed by atoms with Crippen LogP contribution in [0.2, 0.25) is 0 Å². The minimum atomic E-state index is 0.154. The number of nitrogens with zero attached hydrogens (tertiary/aromatic N) is 4. The van der Waals surface area contributed by atoms with Crippen molar-refractivity contribution in [2.45, 2.75) is 0 Å². The molecule has 4 aromatic carbocycles. The molecule has 148 valence electrons. The molecule has 4 radical (unpaired) electrons. The molecule has 0 atom stereocenters. The van der Waals surface area contributed by atoms with E-state index in [1.807, 2.05) is 109 Å². The lowest BCUT2D eigenvalue weighted by Gasteiger charge is -2.06. The van der Waals surface area contributed by atoms with Crippen molar-refractivity contribution < 1.29 is 4.12 Å². The molecule has 5 nitrogen and oxygen atoms in total. The smallest absolute Gasteiger partial charge is 0.259 e. The number of rotatable bonds is 8. The average Bonchev–Trinajstić information content (AvgIpc) is 2.84. The van der Waals surface area contributed by atoms with Crippen molar-refractivity contribution >= 4 is 52.6 Å². The first-order valence-electron chi connectivity index (χ1n) is 9.68. The third-order valence-corrected chi connectivity index (χ3v) is 6.29. The third kappa shape index (κ3) is 6.22. The molecule has 0 aliphatic carbocycles. The predicted molar refractivity (Wildman–Crippen MR) is 126 cm³/mol. The Labute approximate surface area is 186 Å². The Morgan fingerprint density at radius 1 is 0.419 bits per heavy atom. The molecular weight excluding hydrogens is 416 g/mol. The van der Waals surface area contributed by atoms with Gasteiger partial charge in [-0.2, -0.15) is 20.5 Å². The largest absolute Gasteiger partial charge is 0.450 e. The lowest BCUT2D eigenvalue weighted by Crippen LogP contribution is -2.26. The minimum Gasteiger partial charge on any atom is -0.450 e. The molecule has 0 N–H and O–H groups in total. The highest BCUT2D eigenvalue weighted by atomic mass is 28.3. The highest BCUT2D eigenvalue weighted by molar-refractivity contribution is 6.61. The highest BCUT2D eigenvalue weighted by Gasteiger charge is 2.08. The van der Waals surface area contributed by atoms with Crippen LogP contribution in [0.3, 0.4) is 0 Å². The summed E-state index contributed by atoms with van der Waals surface area (Å²) in [5.74, 6) is 0. The molecular formula is C24H18N4OSi2. The van der Waals surface area contributed by atoms with E-state index in [2.05, 4.69) is 20.5 Å². The Balaban J connectivity index is 1.41. The van der Waals surface area contributed by atoms with Crippen molar-refractivity contribution in [3.8, 4) is 0 Å². The second-order valence-electron chi connectivity index (χ2n) is 6.41. The molecule has 0 aliphatic heterocycles. The summed E-state index contributed by atoms with van der Waals surface area (Å²) in [6.45, 7) is 0. The van der Waals surface area contributed by atoms with Gasteiger partial charge in [-0.05, 0) is 46.8 Å². The summed E-state index contributed by atoms with van der Waals surface area (Å²) >= 11 is 0. The van der Waals surface area contributed by atoms with Gasteiger partial charge in [-0.1, -0.05) is 72.8 Å². The van der Waals surface area contributed by atoms with Gasteiger partial charge in [-0.3, -0.25) is 0 Å². The summed E-state index contributed by atoms with van der Waals surface area (Å²) in [7, 11) is 0.308. The van der Waals surface area contributed by atoms with Crippen molar-refractivity contribution in [2.24, 2.45) is 20.5 Å². The van der Waals surface area contributed by atoms with Crippen LogP contribution in [0.25, 0.3) is 0 Å². The van der Waals surface area contributed by atoms with E-state index in [4.69, 9.17) is 4.12 Å². The Hall–Kier alpha value is -3.53. The highest BCUT2D eigenvalue weighted by Crippen LogP contribution is 2.17. The van der Waals surface area contributed by atoms with E-state index in [-0.39, 0.29) is 19.5 Å². The van der Waals surface area contributed by atoms with Gasteiger partial charge in [0.2, 0.25) is 0 Å². The molecule has 31 heavy (non-hydrogen) atoms. The maximum Gasteiger partial charge on any atom is 0.259 e. The third-order valence-electron chi connectivity index (χ3n) is 4.19. The second-order valence-corrected chi connectivity index (χ2v) is 8.71. The molecule has 0 saturated carbocycles. The minimum absolute atomic E-state index is 0.154. The van der Waals surface area contributed by atoms with Crippen LogP contribution in [0.15, 0.2) is 130 Å². The molecule has 4 aromatic rings. The fourth-order valence-electron chi connectivity index (χ4n) is 2.64. The van der Waals surface area contributed by atoms with Crippen molar-refractivity contribution in [1.82, 2.24) is 0 Å². The van der Waals surface area contributed by atoms with Crippen LogP contribution in [-0.2, 0) is 4.12 Å². The van der Waals surface area contributed by atoms with Crippen molar-refractivity contribution in [3.63, 3.8) is 0 Å². The van der Waals surface area contributed by atoms with Gasteiger partial charge in [0.1, 0.15) is 0 Å². The number of benzene rings is 4. The van der Waals surface area contributed by atoms with E-state index in [0.717, 1.165) is 33.1 Å². The van der Waals surface area contributed by atoms with Gasteiger partial charge in [-0.25, -0.2) is 0 Å². The summed E-state index contributed by atoms with van der Waals surface area (Å²) in [6.07, 6.45) is 0. The van der Waals surface area contributed by atoms with Crippen molar-refractivity contribution in [2.75, 3.05) is 0 Å². The number of hydrogen-bond donors (Lipinski definition) is 0. The standard InChI is InChI=1S/C24H18N4OSi2/c1-3-11-19(12-4-1)25-27-21-15-7-9-17-23(21)30-29-31-24-18-10-8-16-22(24)28-26-20-13-5-2-6-14-20/h1-18H. The van der Waals surface area contributed by atoms with Crippen LogP contribution in [0.5, 0.6) is 0 Å². The second kappa shape index (κ2) is 11.0. The van der Waals surface area contributed by atoms with Gasteiger partial charge in [0.05, 0.1) is 22.7 Å². The zero-order chi connectivity index (χ0) is 21.1. The van der Waals surface area contributed by atoms with Gasteiger partial charge in [0, 0.05) is 0 Å². The lowest BCUT2D eigenvalue weighted by atomic mass is 10.3. The summed E-state index contributed by atoms with van der Waals surface area (Å²) in [5.41, 5.74) is 3.26. The van der Waals surface area contributed by atoms with Crippen LogP contribution in [0.4, 0.5) is 22.7 Å². The summed E-state index contributed by atoms with van der Waals surface area (Å²) in [5, 5.41) is 19.5. The fourth-order valence-corrected chi connectivity index (χ4v) is 4.53. The van der Waals surface area contributed by atoms with Gasteiger partial charge in [0.15, 0.2) is 0 Å². The van der Waals surface area contributed by atoms with E-state index in [1.165, 1.54) is 0 Å². The Kier molecular flexibility index (Phi) is 7.37. The quantitative estimate of drug-likeness (QED) is 0.258. The molecule has 0 bridgehead atoms. The molecule has 0 unspecified atom stereocenters. The van der Waals surface area contributed by atoms with Crippen molar-refractivity contribution in [3.05, 3.63) is 109 Å². The lowest BCUT2D eigenvalue weighted by molar-refractivity contribution is 0.663. The Bertz CT molecular complexity index is 1080. The van der Waals surface area contributed by atoms with E-state index in [1.54, 1.807) is 0 Å². The molecule has 0 aliphatic rings. The number of hydrogen-bond acceptors (Lipinski definition) is 5. The maximum atomic E-state index is 6.04. The average molecular weight is 435 g/mol. The summed E-state index contributed by atoms with van der Waals surface area (Å²) in [4.78, 5) is 0. The molecule has 7 heteroatoms. The van der Waals surface area contributed by atoms with Crippen LogP contribution in [0, 0.1) is 0 Å². The molecule has 0 saturated heterocycles. The summed E-state index contributed by atoms with van der Waals surface area (Å²) in [6, 6.07) is 35.2. The fraction of sp³-hybridized carbons (Fsp3) is 0. The first kappa shape index (κ1) is 20.7. The molecule has 0 amide bonds. The molecule has 0 fully saturated rings. The number of azo groups is 2.